The van der Waals surface area contributed by atoms with Crippen molar-refractivity contribution in [1.29, 1.82) is 0 Å². The molecule has 0 aliphatic carbocycles. The highest BCUT2D eigenvalue weighted by Crippen LogP contribution is 2.35. The van der Waals surface area contributed by atoms with Gasteiger partial charge in [-0.25, -0.2) is 0 Å². The van der Waals surface area contributed by atoms with E-state index < -0.39 is 6.10 Å². The first kappa shape index (κ1) is 17.6. The van der Waals surface area contributed by atoms with Crippen LogP contribution < -0.4 is 0 Å². The maximum absolute atomic E-state index is 10.4. The normalized spacial score (nSPS) is 19.9. The number of aryl methyl sites for hydroxylation is 2. The highest BCUT2D eigenvalue weighted by molar-refractivity contribution is 7.09. The highest BCUT2D eigenvalue weighted by Gasteiger charge is 2.31. The van der Waals surface area contributed by atoms with Gasteiger partial charge in [-0.1, -0.05) is 6.07 Å². The number of likely N-dealkylation sites (tertiary alicyclic amines) is 1. The van der Waals surface area contributed by atoms with Gasteiger partial charge in [0.05, 0.1) is 25.0 Å². The lowest BCUT2D eigenvalue weighted by Crippen LogP contribution is -2.35. The summed E-state index contributed by atoms with van der Waals surface area (Å²) in [6, 6.07) is 4.44. The number of β-amino-alcohol motifs (C(OH)–C–C–N with tert-alkyl or cyclic N) is 1. The summed E-state index contributed by atoms with van der Waals surface area (Å²) < 4.78 is 7.62. The second-order valence-electron chi connectivity index (χ2n) is 6.61. The van der Waals surface area contributed by atoms with Crippen molar-refractivity contribution in [2.45, 2.75) is 45.4 Å². The van der Waals surface area contributed by atoms with E-state index in [-0.39, 0.29) is 0 Å². The Balaban J connectivity index is 1.55. The van der Waals surface area contributed by atoms with Gasteiger partial charge in [0.25, 0.3) is 0 Å². The topological polar surface area (TPSA) is 50.5 Å². The van der Waals surface area contributed by atoms with Crippen LogP contribution in [0.3, 0.4) is 0 Å². The van der Waals surface area contributed by atoms with Crippen LogP contribution >= 0.6 is 11.3 Å². The molecule has 0 saturated carbocycles. The Bertz CT molecular complexity index is 654. The van der Waals surface area contributed by atoms with Gasteiger partial charge in [-0.3, -0.25) is 9.58 Å². The van der Waals surface area contributed by atoms with Crippen LogP contribution in [0.4, 0.5) is 0 Å². The maximum atomic E-state index is 10.4. The minimum atomic E-state index is -0.456. The van der Waals surface area contributed by atoms with Crippen LogP contribution in [0.25, 0.3) is 0 Å². The van der Waals surface area contributed by atoms with E-state index in [1.807, 2.05) is 23.2 Å². The molecule has 2 aromatic heterocycles. The summed E-state index contributed by atoms with van der Waals surface area (Å²) in [5, 5.41) is 17.0. The molecule has 3 heterocycles. The molecule has 0 unspecified atom stereocenters. The van der Waals surface area contributed by atoms with Gasteiger partial charge in [-0.2, -0.15) is 5.10 Å². The predicted octanol–water partition coefficient (Wildman–Crippen LogP) is 2.81. The zero-order chi connectivity index (χ0) is 17.1. The molecule has 0 bridgehead atoms. The van der Waals surface area contributed by atoms with Crippen molar-refractivity contribution in [2.75, 3.05) is 19.7 Å². The van der Waals surface area contributed by atoms with Crippen molar-refractivity contribution in [3.63, 3.8) is 0 Å². The molecule has 2 aromatic rings. The standard InChI is InChI=1S/C18H27N3O2S/c1-13-18(14(2)20(3)19-13)17-7-4-8-21(17)10-15(22)11-23-12-16-6-5-9-24-16/h5-6,9,15,17,22H,4,7-8,10-12H2,1-3H3/t15-,17-/m1/s1. The van der Waals surface area contributed by atoms with Crippen LogP contribution in [0, 0.1) is 13.8 Å². The predicted molar refractivity (Wildman–Crippen MR) is 96.2 cm³/mol. The van der Waals surface area contributed by atoms with E-state index >= 15 is 0 Å². The summed E-state index contributed by atoms with van der Waals surface area (Å²) in [6.45, 7) is 6.86. The fourth-order valence-corrected chi connectivity index (χ4v) is 4.30. The SMILES string of the molecule is Cc1nn(C)c(C)c1[C@H]1CCCN1C[C@@H](O)COCc1cccs1. The molecule has 1 fully saturated rings. The van der Waals surface area contributed by atoms with Crippen molar-refractivity contribution in [3.8, 4) is 0 Å². The second kappa shape index (κ2) is 7.78. The molecule has 0 aromatic carbocycles. The first-order chi connectivity index (χ1) is 11.6. The van der Waals surface area contributed by atoms with Crippen LogP contribution in [0.1, 0.15) is 40.7 Å². The van der Waals surface area contributed by atoms with Crippen LogP contribution in [0.2, 0.25) is 0 Å². The van der Waals surface area contributed by atoms with Crippen molar-refractivity contribution < 1.29 is 9.84 Å². The molecule has 2 atom stereocenters. The highest BCUT2D eigenvalue weighted by atomic mass is 32.1. The first-order valence-corrected chi connectivity index (χ1v) is 9.46. The Labute approximate surface area is 147 Å². The average Bonchev–Trinajstić information content (AvgIpc) is 3.24. The smallest absolute Gasteiger partial charge is 0.0900 e. The van der Waals surface area contributed by atoms with Gasteiger partial charge < -0.3 is 9.84 Å². The molecular formula is C18H27N3O2S. The summed E-state index contributed by atoms with van der Waals surface area (Å²) in [5.74, 6) is 0. The lowest BCUT2D eigenvalue weighted by Gasteiger charge is -2.27. The fourth-order valence-electron chi connectivity index (χ4n) is 3.66. The largest absolute Gasteiger partial charge is 0.389 e. The lowest BCUT2D eigenvalue weighted by molar-refractivity contribution is 0.00840. The molecule has 24 heavy (non-hydrogen) atoms. The van der Waals surface area contributed by atoms with Gasteiger partial charge in [0.1, 0.15) is 0 Å². The third kappa shape index (κ3) is 3.88. The summed E-state index contributed by atoms with van der Waals surface area (Å²) >= 11 is 1.68. The van der Waals surface area contributed by atoms with Crippen molar-refractivity contribution in [2.24, 2.45) is 7.05 Å². The van der Waals surface area contributed by atoms with E-state index in [1.54, 1.807) is 11.3 Å². The quantitative estimate of drug-likeness (QED) is 0.835. The van der Waals surface area contributed by atoms with E-state index in [9.17, 15) is 5.11 Å². The molecule has 3 rings (SSSR count). The molecular weight excluding hydrogens is 322 g/mol. The number of thiophene rings is 1. The van der Waals surface area contributed by atoms with E-state index in [0.29, 0.717) is 25.8 Å². The number of nitrogens with zero attached hydrogens (tertiary/aromatic N) is 3. The number of hydrogen-bond acceptors (Lipinski definition) is 5. The number of aromatic nitrogens is 2. The van der Waals surface area contributed by atoms with E-state index in [0.717, 1.165) is 18.7 Å². The van der Waals surface area contributed by atoms with Gasteiger partial charge in [-0.05, 0) is 44.7 Å². The Morgan fingerprint density at radius 2 is 2.29 bits per heavy atom. The average molecular weight is 350 g/mol. The van der Waals surface area contributed by atoms with Crippen molar-refractivity contribution >= 4 is 11.3 Å². The van der Waals surface area contributed by atoms with Crippen molar-refractivity contribution in [1.82, 2.24) is 14.7 Å². The zero-order valence-corrected chi connectivity index (χ0v) is 15.6. The number of aliphatic hydroxyl groups excluding tert-OH is 1. The molecule has 1 N–H and O–H groups in total. The monoisotopic (exact) mass is 349 g/mol. The minimum Gasteiger partial charge on any atom is -0.389 e. The Morgan fingerprint density at radius 3 is 2.96 bits per heavy atom. The Morgan fingerprint density at radius 1 is 1.46 bits per heavy atom. The molecule has 0 radical (unpaired) electrons. The molecule has 0 spiro atoms. The molecule has 1 saturated heterocycles. The molecule has 1 aliphatic heterocycles. The number of rotatable bonds is 7. The van der Waals surface area contributed by atoms with Crippen molar-refractivity contribution in [3.05, 3.63) is 39.3 Å². The minimum absolute atomic E-state index is 0.366. The Hall–Kier alpha value is -1.21. The lowest BCUT2D eigenvalue weighted by atomic mass is 10.0. The second-order valence-corrected chi connectivity index (χ2v) is 7.64. The van der Waals surface area contributed by atoms with Gasteiger partial charge in [0.2, 0.25) is 0 Å². The maximum Gasteiger partial charge on any atom is 0.0900 e. The van der Waals surface area contributed by atoms with Crippen LogP contribution in [0.15, 0.2) is 17.5 Å². The van der Waals surface area contributed by atoms with Gasteiger partial charge in [0.15, 0.2) is 0 Å². The summed E-state index contributed by atoms with van der Waals surface area (Å²) in [6.07, 6.45) is 1.85. The molecule has 6 heteroatoms. The molecule has 5 nitrogen and oxygen atoms in total. The van der Waals surface area contributed by atoms with Crippen LogP contribution in [-0.4, -0.2) is 45.6 Å². The van der Waals surface area contributed by atoms with Gasteiger partial charge in [-0.15, -0.1) is 11.3 Å². The summed E-state index contributed by atoms with van der Waals surface area (Å²) in [5.41, 5.74) is 3.67. The fraction of sp³-hybridized carbons (Fsp3) is 0.611. The van der Waals surface area contributed by atoms with Crippen LogP contribution in [0.5, 0.6) is 0 Å². The number of aliphatic hydroxyl groups is 1. The zero-order valence-electron chi connectivity index (χ0n) is 14.7. The van der Waals surface area contributed by atoms with E-state index in [2.05, 4.69) is 29.9 Å². The number of ether oxygens (including phenoxy) is 1. The third-order valence-electron chi connectivity index (χ3n) is 4.84. The Kier molecular flexibility index (Phi) is 5.71. The van der Waals surface area contributed by atoms with Crippen LogP contribution in [-0.2, 0) is 18.4 Å². The van der Waals surface area contributed by atoms with E-state index in [4.69, 9.17) is 4.74 Å². The molecule has 1 aliphatic rings. The molecule has 0 amide bonds. The summed E-state index contributed by atoms with van der Waals surface area (Å²) in [4.78, 5) is 3.58. The first-order valence-electron chi connectivity index (χ1n) is 8.58. The van der Waals surface area contributed by atoms with Gasteiger partial charge in [0, 0.05) is 35.8 Å². The third-order valence-corrected chi connectivity index (χ3v) is 5.69. The molecule has 132 valence electrons. The number of hydrogen-bond donors (Lipinski definition) is 1. The summed E-state index contributed by atoms with van der Waals surface area (Å²) in [7, 11) is 2.00. The van der Waals surface area contributed by atoms with E-state index in [1.165, 1.54) is 22.6 Å². The van der Waals surface area contributed by atoms with Gasteiger partial charge >= 0.3 is 0 Å².